The number of rotatable bonds is 9. The standard InChI is InChI=1S/C24H34O2.4C6F5.2Al/c1-13-11-17(23(5,6)7)21(25)19(15(13)3)20-16(4)14(2)12-18(22(20)26)24(8,9)10;4*7-2-1-3(8)5(10)6(11)4(2)9;;/h11-12,25-26H,1-10H3;;;;;;/q;;;;;2*+1/p-2. The Balaban J connectivity index is 1.91. The molecule has 0 fully saturated rings. The van der Waals surface area contributed by atoms with E-state index in [1.807, 2.05) is 0 Å². The molecule has 0 saturated carbocycles. The van der Waals surface area contributed by atoms with Crippen LogP contribution in [0.3, 0.4) is 0 Å². The summed E-state index contributed by atoms with van der Waals surface area (Å²) in [6, 6.07) is 2.46. The van der Waals surface area contributed by atoms with Gasteiger partial charge in [-0.05, 0) is 71.9 Å². The van der Waals surface area contributed by atoms with Gasteiger partial charge >= 0.3 is 29.0 Å². The van der Waals surface area contributed by atoms with Crippen LogP contribution in [0.15, 0.2) is 12.1 Å². The second-order valence-electron chi connectivity index (χ2n) is 18.6. The van der Waals surface area contributed by atoms with Crippen LogP contribution in [-0.2, 0) is 10.8 Å². The number of aryl methyl sites for hydroxylation is 2. The molecule has 2 nitrogen and oxygen atoms in total. The van der Waals surface area contributed by atoms with E-state index in [1.165, 1.54) is 81.4 Å². The Morgan fingerprint density at radius 3 is 0.625 bits per heavy atom. The summed E-state index contributed by atoms with van der Waals surface area (Å²) in [4.78, 5) is 0. The predicted octanol–water partition coefficient (Wildman–Crippen LogP) is 12.3. The molecule has 0 spiro atoms. The number of hydrogen-bond donors (Lipinski definition) is 0. The third-order valence-corrected chi connectivity index (χ3v) is 17.0. The molecule has 0 saturated heterocycles. The molecule has 0 unspecified atom stereocenters. The molecule has 382 valence electrons. The highest BCUT2D eigenvalue weighted by molar-refractivity contribution is 6.81. The summed E-state index contributed by atoms with van der Waals surface area (Å²) in [5.41, 5.74) is -4.87. The minimum absolute atomic E-state index is 0.116. The summed E-state index contributed by atoms with van der Waals surface area (Å²) in [6.45, 7) is 13.3. The van der Waals surface area contributed by atoms with E-state index in [1.54, 1.807) is 0 Å². The molecular weight excluding hydrogens is 1040 g/mol. The van der Waals surface area contributed by atoms with Gasteiger partial charge in [0.25, 0.3) is 0 Å². The summed E-state index contributed by atoms with van der Waals surface area (Å²) >= 11 is -11.6. The van der Waals surface area contributed by atoms with Gasteiger partial charge in [-0.2, -0.15) is 0 Å². The predicted molar refractivity (Wildman–Crippen MR) is 224 cm³/mol. The fourth-order valence-electron chi connectivity index (χ4n) is 7.91. The molecule has 0 amide bonds. The van der Waals surface area contributed by atoms with Crippen molar-refractivity contribution in [2.75, 3.05) is 0 Å². The fourth-order valence-corrected chi connectivity index (χ4v) is 12.8. The third-order valence-electron chi connectivity index (χ3n) is 12.0. The molecule has 0 heterocycles. The molecule has 72 heavy (non-hydrogen) atoms. The first-order valence-corrected chi connectivity index (χ1v) is 24.0. The molecule has 0 aromatic heterocycles. The Labute approximate surface area is 405 Å². The van der Waals surface area contributed by atoms with Crippen molar-refractivity contribution in [2.45, 2.75) is 80.1 Å². The molecule has 0 aliphatic carbocycles. The van der Waals surface area contributed by atoms with Gasteiger partial charge in [0, 0.05) is 28.8 Å². The minimum Gasteiger partial charge on any atom is -0.635 e. The zero-order valence-corrected chi connectivity index (χ0v) is 41.0. The van der Waals surface area contributed by atoms with Crippen molar-refractivity contribution < 1.29 is 95.4 Å². The van der Waals surface area contributed by atoms with Gasteiger partial charge in [-0.15, -0.1) is 0 Å². The topological polar surface area (TPSA) is 18.5 Å². The average molecular weight is 1070 g/mol. The van der Waals surface area contributed by atoms with Crippen LogP contribution in [0.25, 0.3) is 11.1 Å². The smallest absolute Gasteiger partial charge is 0.635 e. The van der Waals surface area contributed by atoms with E-state index >= 15 is 70.2 Å². The van der Waals surface area contributed by atoms with Crippen LogP contribution < -0.4 is 25.3 Å². The zero-order chi connectivity index (χ0) is 54.6. The maximum absolute atomic E-state index is 16.0. The van der Waals surface area contributed by atoms with Crippen molar-refractivity contribution in [3.8, 4) is 22.6 Å². The van der Waals surface area contributed by atoms with Crippen molar-refractivity contribution in [1.82, 2.24) is 0 Å². The van der Waals surface area contributed by atoms with Crippen molar-refractivity contribution in [1.29, 1.82) is 0 Å². The molecule has 6 aromatic carbocycles. The van der Waals surface area contributed by atoms with Gasteiger partial charge in [-0.25, -0.2) is 87.8 Å². The SMILES string of the molecule is Cc1cc(C(C)(C)C)c([O][Al]([c]2c(F)c(F)c(F)c(F)c2F)[c]2c(F)c(F)c(F)c(F)c2F)c(-c2c(C)c(C)cc(C(C)(C)C)c2[O][Al]([c]2c(F)c(F)c(F)c(F)c2F)[c]2c(F)c(F)c(F)c(F)c2F)c1C. The second kappa shape index (κ2) is 19.5. The monoisotopic (exact) mass is 1070 g/mol. The first-order chi connectivity index (χ1) is 33.0. The lowest BCUT2D eigenvalue weighted by Gasteiger charge is -2.34. The number of benzene rings is 6. The Kier molecular flexibility index (Phi) is 15.1. The molecule has 6 rings (SSSR count). The average Bonchev–Trinajstić information content (AvgIpc) is 3.30. The van der Waals surface area contributed by atoms with Crippen LogP contribution in [0, 0.1) is 144 Å². The second-order valence-corrected chi connectivity index (χ2v) is 22.9. The van der Waals surface area contributed by atoms with Crippen LogP contribution >= 0.6 is 0 Å². The van der Waals surface area contributed by atoms with Gasteiger partial charge in [0.1, 0.15) is 0 Å². The van der Waals surface area contributed by atoms with Crippen molar-refractivity contribution in [3.63, 3.8) is 0 Å². The molecule has 0 bridgehead atoms. The summed E-state index contributed by atoms with van der Waals surface area (Å²) in [5, 5.41) is 0. The van der Waals surface area contributed by atoms with E-state index in [-0.39, 0.29) is 33.4 Å². The number of hydrogen-bond acceptors (Lipinski definition) is 2. The minimum atomic E-state index is -5.81. The molecule has 6 aromatic rings. The highest BCUT2D eigenvalue weighted by Gasteiger charge is 2.50. The summed E-state index contributed by atoms with van der Waals surface area (Å²) < 4.78 is 311. The largest absolute Gasteiger partial charge is 0.643 e. The van der Waals surface area contributed by atoms with Crippen molar-refractivity contribution in [3.05, 3.63) is 162 Å². The lowest BCUT2D eigenvalue weighted by atomic mass is 9.78. The first kappa shape index (κ1) is 55.9. The quantitative estimate of drug-likeness (QED) is 0.0622. The lowest BCUT2D eigenvalue weighted by molar-refractivity contribution is 0.379. The van der Waals surface area contributed by atoms with Gasteiger partial charge < -0.3 is 7.58 Å². The van der Waals surface area contributed by atoms with Crippen molar-refractivity contribution in [2.24, 2.45) is 0 Å². The Morgan fingerprint density at radius 1 is 0.292 bits per heavy atom. The highest BCUT2D eigenvalue weighted by Crippen LogP contribution is 2.51. The van der Waals surface area contributed by atoms with Crippen LogP contribution in [0.4, 0.5) is 87.8 Å². The Morgan fingerprint density at radius 2 is 0.458 bits per heavy atom. The van der Waals surface area contributed by atoms with Crippen molar-refractivity contribution >= 4 is 46.7 Å². The molecule has 0 radical (unpaired) electrons. The van der Waals surface area contributed by atoms with E-state index in [4.69, 9.17) is 7.58 Å². The normalized spacial score (nSPS) is 12.0. The Bertz CT molecular complexity index is 2820. The van der Waals surface area contributed by atoms with Gasteiger partial charge in [-0.3, -0.25) is 0 Å². The summed E-state index contributed by atoms with van der Waals surface area (Å²) in [6.07, 6.45) is 0. The molecule has 24 heteroatoms. The number of halogens is 20. The molecular formula is C48H32Al2F20O2. The van der Waals surface area contributed by atoms with E-state index in [2.05, 4.69) is 0 Å². The molecule has 0 aliphatic rings. The zero-order valence-electron chi connectivity index (χ0n) is 38.7. The maximum Gasteiger partial charge on any atom is 0.643 e. The highest BCUT2D eigenvalue weighted by atomic mass is 27.2. The van der Waals surface area contributed by atoms with E-state index in [9.17, 15) is 17.6 Å². The van der Waals surface area contributed by atoms with E-state index in [0.717, 1.165) is 0 Å². The first-order valence-electron chi connectivity index (χ1n) is 20.7. The summed E-state index contributed by atoms with van der Waals surface area (Å²) in [5.74, 6) is -58.4. The van der Waals surface area contributed by atoms with Crippen LogP contribution in [-0.4, -0.2) is 29.0 Å². The van der Waals surface area contributed by atoms with Crippen LogP contribution in [0.1, 0.15) is 74.9 Å². The molecule has 0 aliphatic heterocycles. The van der Waals surface area contributed by atoms with Gasteiger partial charge in [0.15, 0.2) is 116 Å². The van der Waals surface area contributed by atoms with Gasteiger partial charge in [-0.1, -0.05) is 53.7 Å². The maximum atomic E-state index is 16.0. The van der Waals surface area contributed by atoms with Crippen LogP contribution in [0.2, 0.25) is 0 Å². The van der Waals surface area contributed by atoms with Crippen LogP contribution in [0.5, 0.6) is 11.5 Å². The molecule has 0 atom stereocenters. The Hall–Kier alpha value is -5.42. The third kappa shape index (κ3) is 8.97. The fraction of sp³-hybridized carbons (Fsp3) is 0.250. The van der Waals surface area contributed by atoms with Gasteiger partial charge in [0.2, 0.25) is 0 Å². The lowest BCUT2D eigenvalue weighted by Crippen LogP contribution is -2.55. The van der Waals surface area contributed by atoms with E-state index in [0.29, 0.717) is 0 Å². The molecule has 0 N–H and O–H groups in total. The summed E-state index contributed by atoms with van der Waals surface area (Å²) in [7, 11) is 0. The van der Waals surface area contributed by atoms with E-state index < -0.39 is 196 Å². The van der Waals surface area contributed by atoms with Gasteiger partial charge in [0.05, 0.1) is 11.5 Å².